The zero-order valence-corrected chi connectivity index (χ0v) is 14.7. The molecule has 1 heterocycles. The first kappa shape index (κ1) is 17.8. The van der Waals surface area contributed by atoms with E-state index in [1.54, 1.807) is 13.1 Å². The third-order valence-electron chi connectivity index (χ3n) is 3.77. The monoisotopic (exact) mass is 332 g/mol. The number of hydrogen-bond acceptors (Lipinski definition) is 2. The van der Waals surface area contributed by atoms with Crippen LogP contribution in [0.4, 0.5) is 4.39 Å². The highest BCUT2D eigenvalue weighted by atomic mass is 19.1. The molecule has 6 heteroatoms. The van der Waals surface area contributed by atoms with Crippen LogP contribution in [0.3, 0.4) is 0 Å². The van der Waals surface area contributed by atoms with Crippen LogP contribution in [-0.2, 0) is 20.1 Å². The van der Waals surface area contributed by atoms with Crippen LogP contribution in [0.2, 0.25) is 0 Å². The number of aryl methyl sites for hydroxylation is 1. The second kappa shape index (κ2) is 8.38. The lowest BCUT2D eigenvalue weighted by atomic mass is 10.2. The lowest BCUT2D eigenvalue weighted by Gasteiger charge is -2.22. The van der Waals surface area contributed by atoms with Gasteiger partial charge in [-0.15, -0.1) is 0 Å². The Hall–Kier alpha value is -2.50. The number of halogens is 1. The van der Waals surface area contributed by atoms with E-state index in [-0.39, 0.29) is 11.6 Å². The third-order valence-corrected chi connectivity index (χ3v) is 3.77. The molecule has 24 heavy (non-hydrogen) atoms. The maximum Gasteiger partial charge on any atom is 0.194 e. The lowest BCUT2D eigenvalue weighted by molar-refractivity contribution is 0.321. The number of hydrogen-bond donors (Lipinski definition) is 1. The summed E-state index contributed by atoms with van der Waals surface area (Å²) in [5.74, 6) is 0.695. The Morgan fingerprint density at radius 2 is 2.17 bits per heavy atom. The molecule has 2 rings (SSSR count). The van der Waals surface area contributed by atoms with Crippen LogP contribution in [0.15, 0.2) is 41.5 Å². The Morgan fingerprint density at radius 1 is 1.38 bits per heavy atom. The minimum atomic E-state index is -0.344. The molecule has 130 valence electrons. The molecule has 0 atom stereocenters. The molecule has 1 aromatic heterocycles. The van der Waals surface area contributed by atoms with E-state index >= 15 is 0 Å². The van der Waals surface area contributed by atoms with Crippen LogP contribution < -0.4 is 10.1 Å². The lowest BCUT2D eigenvalue weighted by Crippen LogP contribution is -2.38. The molecule has 0 saturated heterocycles. The second-order valence-electron chi connectivity index (χ2n) is 5.57. The van der Waals surface area contributed by atoms with Crippen LogP contribution in [0.5, 0.6) is 5.75 Å². The summed E-state index contributed by atoms with van der Waals surface area (Å²) in [6, 6.07) is 9.09. The molecule has 0 amide bonds. The number of benzene rings is 1. The van der Waals surface area contributed by atoms with Crippen molar-refractivity contribution < 1.29 is 9.13 Å². The van der Waals surface area contributed by atoms with E-state index < -0.39 is 0 Å². The van der Waals surface area contributed by atoms with E-state index in [2.05, 4.69) is 20.9 Å². The first-order valence-corrected chi connectivity index (χ1v) is 7.98. The SMILES string of the molecule is CCOc1ccc(CNC(=NC)N(C)Cc2cccn2C)cc1F. The van der Waals surface area contributed by atoms with Gasteiger partial charge in [0.15, 0.2) is 17.5 Å². The predicted octanol–water partition coefficient (Wildman–Crippen LogP) is 2.77. The van der Waals surface area contributed by atoms with Crippen molar-refractivity contribution in [2.24, 2.45) is 12.0 Å². The summed E-state index contributed by atoms with van der Waals surface area (Å²) in [5.41, 5.74) is 2.02. The van der Waals surface area contributed by atoms with Gasteiger partial charge in [0.1, 0.15) is 0 Å². The zero-order chi connectivity index (χ0) is 17.5. The van der Waals surface area contributed by atoms with Crippen LogP contribution in [0.1, 0.15) is 18.2 Å². The summed E-state index contributed by atoms with van der Waals surface area (Å²) in [6.45, 7) is 3.51. The Kier molecular flexibility index (Phi) is 6.23. The molecule has 0 unspecified atom stereocenters. The van der Waals surface area contributed by atoms with Gasteiger partial charge in [-0.1, -0.05) is 6.07 Å². The smallest absolute Gasteiger partial charge is 0.194 e. The van der Waals surface area contributed by atoms with Crippen molar-refractivity contribution in [1.29, 1.82) is 0 Å². The van der Waals surface area contributed by atoms with Crippen LogP contribution in [0.25, 0.3) is 0 Å². The molecule has 0 aliphatic carbocycles. The van der Waals surface area contributed by atoms with Crippen molar-refractivity contribution in [2.75, 3.05) is 20.7 Å². The standard InChI is InChI=1S/C18H25FN4O/c1-5-24-17-9-8-14(11-16(17)19)12-21-18(20-2)23(4)13-15-7-6-10-22(15)3/h6-11H,5,12-13H2,1-4H3,(H,20,21). The summed E-state index contributed by atoms with van der Waals surface area (Å²) >= 11 is 0. The van der Waals surface area contributed by atoms with Gasteiger partial charge in [-0.25, -0.2) is 4.39 Å². The van der Waals surface area contributed by atoms with E-state index in [1.165, 1.54) is 11.8 Å². The van der Waals surface area contributed by atoms with Gasteiger partial charge in [0.2, 0.25) is 0 Å². The molecule has 0 radical (unpaired) electrons. The van der Waals surface area contributed by atoms with Crippen molar-refractivity contribution in [3.05, 3.63) is 53.6 Å². The van der Waals surface area contributed by atoms with Gasteiger partial charge in [0.05, 0.1) is 13.2 Å². The molecule has 0 aliphatic heterocycles. The van der Waals surface area contributed by atoms with Crippen molar-refractivity contribution in [1.82, 2.24) is 14.8 Å². The van der Waals surface area contributed by atoms with Crippen molar-refractivity contribution in [3.8, 4) is 5.75 Å². The van der Waals surface area contributed by atoms with E-state index in [0.29, 0.717) is 13.2 Å². The largest absolute Gasteiger partial charge is 0.491 e. The molecule has 5 nitrogen and oxygen atoms in total. The third kappa shape index (κ3) is 4.50. The van der Waals surface area contributed by atoms with Gasteiger partial charge in [0.25, 0.3) is 0 Å². The number of guanidine groups is 1. The van der Waals surface area contributed by atoms with Gasteiger partial charge < -0.3 is 19.5 Å². The fourth-order valence-corrected chi connectivity index (χ4v) is 2.47. The molecular weight excluding hydrogens is 307 g/mol. The Balaban J connectivity index is 1.96. The molecule has 1 aromatic carbocycles. The number of rotatable bonds is 6. The topological polar surface area (TPSA) is 41.8 Å². The van der Waals surface area contributed by atoms with E-state index in [1.807, 2.05) is 44.2 Å². The molecule has 0 fully saturated rings. The minimum absolute atomic E-state index is 0.284. The molecule has 0 bridgehead atoms. The van der Waals surface area contributed by atoms with Crippen molar-refractivity contribution >= 4 is 5.96 Å². The van der Waals surface area contributed by atoms with Gasteiger partial charge in [-0.05, 0) is 36.8 Å². The summed E-state index contributed by atoms with van der Waals surface area (Å²) in [4.78, 5) is 6.31. The number of nitrogens with one attached hydrogen (secondary N) is 1. The Labute approximate surface area is 142 Å². The van der Waals surface area contributed by atoms with E-state index in [9.17, 15) is 4.39 Å². The highest BCUT2D eigenvalue weighted by molar-refractivity contribution is 5.79. The fraction of sp³-hybridized carbons (Fsp3) is 0.389. The van der Waals surface area contributed by atoms with Crippen molar-refractivity contribution in [2.45, 2.75) is 20.0 Å². The summed E-state index contributed by atoms with van der Waals surface area (Å²) < 4.78 is 21.2. The highest BCUT2D eigenvalue weighted by Crippen LogP contribution is 2.18. The molecular formula is C18H25FN4O. The molecule has 1 N–H and O–H groups in total. The summed E-state index contributed by atoms with van der Waals surface area (Å²) in [6.07, 6.45) is 2.02. The molecule has 2 aromatic rings. The fourth-order valence-electron chi connectivity index (χ4n) is 2.47. The van der Waals surface area contributed by atoms with Crippen LogP contribution >= 0.6 is 0 Å². The number of ether oxygens (including phenoxy) is 1. The predicted molar refractivity (Wildman–Crippen MR) is 94.6 cm³/mol. The molecule has 0 aliphatic rings. The summed E-state index contributed by atoms with van der Waals surface area (Å²) in [7, 11) is 5.73. The second-order valence-corrected chi connectivity index (χ2v) is 5.57. The Bertz CT molecular complexity index is 696. The minimum Gasteiger partial charge on any atom is -0.491 e. The number of aromatic nitrogens is 1. The quantitative estimate of drug-likeness (QED) is 0.653. The highest BCUT2D eigenvalue weighted by Gasteiger charge is 2.09. The van der Waals surface area contributed by atoms with Gasteiger partial charge >= 0.3 is 0 Å². The van der Waals surface area contributed by atoms with E-state index in [0.717, 1.165) is 18.1 Å². The van der Waals surface area contributed by atoms with Crippen molar-refractivity contribution in [3.63, 3.8) is 0 Å². The molecule has 0 spiro atoms. The van der Waals surface area contributed by atoms with Gasteiger partial charge in [-0.3, -0.25) is 4.99 Å². The van der Waals surface area contributed by atoms with Crippen LogP contribution in [-0.4, -0.2) is 36.1 Å². The maximum atomic E-state index is 13.9. The Morgan fingerprint density at radius 3 is 2.75 bits per heavy atom. The van der Waals surface area contributed by atoms with Gasteiger partial charge in [-0.2, -0.15) is 0 Å². The maximum absolute atomic E-state index is 13.9. The number of aliphatic imine (C=N–C) groups is 1. The number of nitrogens with zero attached hydrogens (tertiary/aromatic N) is 3. The summed E-state index contributed by atoms with van der Waals surface area (Å²) in [5, 5.41) is 3.26. The zero-order valence-electron chi connectivity index (χ0n) is 14.7. The first-order chi connectivity index (χ1) is 11.5. The average molecular weight is 332 g/mol. The van der Waals surface area contributed by atoms with Gasteiger partial charge in [0, 0.05) is 39.6 Å². The van der Waals surface area contributed by atoms with E-state index in [4.69, 9.17) is 4.74 Å². The molecule has 0 saturated carbocycles. The normalized spacial score (nSPS) is 11.5. The first-order valence-electron chi connectivity index (χ1n) is 7.98. The van der Waals surface area contributed by atoms with Crippen LogP contribution in [0, 0.1) is 5.82 Å². The average Bonchev–Trinajstić information content (AvgIpc) is 2.95.